The molecule has 2 aromatic carbocycles. The van der Waals surface area contributed by atoms with E-state index < -0.39 is 0 Å². The number of aromatic amines is 1. The van der Waals surface area contributed by atoms with Crippen LogP contribution >= 0.6 is 27.3 Å². The van der Waals surface area contributed by atoms with Gasteiger partial charge in [-0.3, -0.25) is 0 Å². The summed E-state index contributed by atoms with van der Waals surface area (Å²) in [7, 11) is 0. The molecule has 0 fully saturated rings. The Kier molecular flexibility index (Phi) is 4.95. The van der Waals surface area contributed by atoms with Crippen LogP contribution in [0.3, 0.4) is 0 Å². The predicted molar refractivity (Wildman–Crippen MR) is 111 cm³/mol. The first kappa shape index (κ1) is 16.8. The lowest BCUT2D eigenvalue weighted by molar-refractivity contribution is 0.854. The number of hydrogen-bond acceptors (Lipinski definition) is 3. The van der Waals surface area contributed by atoms with Crippen molar-refractivity contribution in [3.63, 3.8) is 0 Å². The van der Waals surface area contributed by atoms with Crippen molar-refractivity contribution in [1.82, 2.24) is 9.66 Å². The van der Waals surface area contributed by atoms with Crippen LogP contribution in [-0.2, 0) is 0 Å². The number of thiazole rings is 1. The highest BCUT2D eigenvalue weighted by molar-refractivity contribution is 9.10. The normalized spacial score (nSPS) is 12.1. The van der Waals surface area contributed by atoms with Gasteiger partial charge in [-0.1, -0.05) is 46.3 Å². The van der Waals surface area contributed by atoms with Gasteiger partial charge in [-0.05, 0) is 36.4 Å². The van der Waals surface area contributed by atoms with Gasteiger partial charge in [0, 0.05) is 21.6 Å². The second-order valence-corrected chi connectivity index (χ2v) is 7.29. The van der Waals surface area contributed by atoms with Gasteiger partial charge < -0.3 is 4.98 Å². The van der Waals surface area contributed by atoms with E-state index in [2.05, 4.69) is 43.5 Å². The minimum absolute atomic E-state index is 0.817. The topological polar surface area (TPSA) is 45.4 Å². The quantitative estimate of drug-likeness (QED) is 0.426. The van der Waals surface area contributed by atoms with Crippen LogP contribution in [0.5, 0.6) is 0 Å². The fourth-order valence-electron chi connectivity index (χ4n) is 2.47. The fourth-order valence-corrected chi connectivity index (χ4v) is 3.59. The molecule has 0 unspecified atom stereocenters. The fraction of sp³-hybridized carbons (Fsp3) is 0. The van der Waals surface area contributed by atoms with Crippen molar-refractivity contribution in [2.75, 3.05) is 0 Å². The molecule has 26 heavy (non-hydrogen) atoms. The molecule has 4 aromatic rings. The molecule has 4 nitrogen and oxygen atoms in total. The summed E-state index contributed by atoms with van der Waals surface area (Å²) in [6.45, 7) is 0. The smallest absolute Gasteiger partial charge is 0.211 e. The second-order valence-electron chi connectivity index (χ2n) is 5.54. The van der Waals surface area contributed by atoms with Crippen molar-refractivity contribution in [2.45, 2.75) is 0 Å². The standard InChI is InChI=1S/C20H15BrN4S/c21-16-10-8-15(9-11-16)19-14-26-20(24-17-5-2-1-3-6-17)25(19)23-13-18-7-4-12-22-18/h1-14,22H. The lowest BCUT2D eigenvalue weighted by Gasteiger charge is -2.03. The summed E-state index contributed by atoms with van der Waals surface area (Å²) in [5, 5.41) is 6.75. The van der Waals surface area contributed by atoms with Crippen LogP contribution in [0.4, 0.5) is 5.69 Å². The van der Waals surface area contributed by atoms with Crippen LogP contribution in [0.25, 0.3) is 11.3 Å². The Labute approximate surface area is 163 Å². The van der Waals surface area contributed by atoms with Gasteiger partial charge in [0.2, 0.25) is 4.80 Å². The maximum atomic E-state index is 4.75. The van der Waals surface area contributed by atoms with Crippen LogP contribution < -0.4 is 4.80 Å². The van der Waals surface area contributed by atoms with Crippen molar-refractivity contribution in [2.24, 2.45) is 10.1 Å². The molecule has 0 aliphatic heterocycles. The lowest BCUT2D eigenvalue weighted by Crippen LogP contribution is -2.11. The highest BCUT2D eigenvalue weighted by Gasteiger charge is 2.07. The number of halogens is 1. The van der Waals surface area contributed by atoms with Crippen LogP contribution in [0.15, 0.2) is 92.9 Å². The van der Waals surface area contributed by atoms with Crippen molar-refractivity contribution in [1.29, 1.82) is 0 Å². The Balaban J connectivity index is 1.84. The van der Waals surface area contributed by atoms with Crippen molar-refractivity contribution in [3.8, 4) is 11.3 Å². The Morgan fingerprint density at radius 2 is 1.77 bits per heavy atom. The number of nitrogens with one attached hydrogen (secondary N) is 1. The Hall–Kier alpha value is -2.70. The molecule has 0 aliphatic rings. The first-order valence-corrected chi connectivity index (χ1v) is 9.71. The van der Waals surface area contributed by atoms with E-state index in [0.29, 0.717) is 0 Å². The van der Waals surface area contributed by atoms with Crippen LogP contribution in [0, 0.1) is 0 Å². The third-order valence-electron chi connectivity index (χ3n) is 3.74. The van der Waals surface area contributed by atoms with Crippen LogP contribution in [0.1, 0.15) is 5.69 Å². The van der Waals surface area contributed by atoms with E-state index in [1.807, 2.05) is 65.5 Å². The molecular formula is C20H15BrN4S. The zero-order valence-electron chi connectivity index (χ0n) is 13.7. The molecule has 0 bridgehead atoms. The Bertz CT molecular complexity index is 1080. The zero-order valence-corrected chi connectivity index (χ0v) is 16.1. The molecule has 1 N–H and O–H groups in total. The molecule has 4 rings (SSSR count). The van der Waals surface area contributed by atoms with Gasteiger partial charge in [0.25, 0.3) is 0 Å². The molecule has 128 valence electrons. The van der Waals surface area contributed by atoms with Gasteiger partial charge in [-0.15, -0.1) is 11.3 Å². The number of hydrogen-bond donors (Lipinski definition) is 1. The highest BCUT2D eigenvalue weighted by Crippen LogP contribution is 2.23. The number of H-pyrrole nitrogens is 1. The van der Waals surface area contributed by atoms with Crippen LogP contribution in [-0.4, -0.2) is 15.9 Å². The van der Waals surface area contributed by atoms with E-state index in [9.17, 15) is 0 Å². The first-order valence-electron chi connectivity index (χ1n) is 8.03. The number of benzene rings is 2. The first-order chi connectivity index (χ1) is 12.8. The molecule has 0 spiro atoms. The van der Waals surface area contributed by atoms with Gasteiger partial charge in [-0.25, -0.2) is 9.67 Å². The summed E-state index contributed by atoms with van der Waals surface area (Å²) < 4.78 is 2.92. The predicted octanol–water partition coefficient (Wildman–Crippen LogP) is 5.42. The molecule has 0 saturated heterocycles. The van der Waals surface area contributed by atoms with Gasteiger partial charge in [0.15, 0.2) is 0 Å². The number of rotatable bonds is 4. The number of para-hydroxylation sites is 1. The molecule has 0 aliphatic carbocycles. The molecule has 0 radical (unpaired) electrons. The van der Waals surface area contributed by atoms with Gasteiger partial charge in [-0.2, -0.15) is 5.10 Å². The third-order valence-corrected chi connectivity index (χ3v) is 5.09. The van der Waals surface area contributed by atoms with Gasteiger partial charge in [0.05, 0.1) is 23.3 Å². The summed E-state index contributed by atoms with van der Waals surface area (Å²) in [5.74, 6) is 0. The monoisotopic (exact) mass is 422 g/mol. The van der Waals surface area contributed by atoms with Crippen molar-refractivity contribution < 1.29 is 0 Å². The van der Waals surface area contributed by atoms with Crippen molar-refractivity contribution >= 4 is 39.2 Å². The van der Waals surface area contributed by atoms with Gasteiger partial charge >= 0.3 is 0 Å². The maximum absolute atomic E-state index is 4.75. The molecule has 2 heterocycles. The lowest BCUT2D eigenvalue weighted by atomic mass is 10.2. The largest absolute Gasteiger partial charge is 0.360 e. The molecule has 0 amide bonds. The molecule has 6 heteroatoms. The van der Waals surface area contributed by atoms with E-state index in [0.717, 1.165) is 31.9 Å². The third kappa shape index (κ3) is 3.76. The molecular weight excluding hydrogens is 408 g/mol. The van der Waals surface area contributed by atoms with E-state index in [4.69, 9.17) is 4.99 Å². The summed E-state index contributed by atoms with van der Waals surface area (Å²) in [5.41, 5.74) is 3.93. The van der Waals surface area contributed by atoms with Crippen molar-refractivity contribution in [3.05, 3.63) is 93.3 Å². The Morgan fingerprint density at radius 1 is 0.962 bits per heavy atom. The maximum Gasteiger partial charge on any atom is 0.211 e. The van der Waals surface area contributed by atoms with E-state index in [1.165, 1.54) is 0 Å². The zero-order chi connectivity index (χ0) is 17.8. The highest BCUT2D eigenvalue weighted by atomic mass is 79.9. The number of aromatic nitrogens is 2. The average Bonchev–Trinajstić information content (AvgIpc) is 3.32. The SMILES string of the molecule is Brc1ccc(-c2csc(=Nc3ccccc3)n2N=Cc2ccc[nH]2)cc1. The van der Waals surface area contributed by atoms with E-state index in [1.54, 1.807) is 17.6 Å². The summed E-state index contributed by atoms with van der Waals surface area (Å²) >= 11 is 5.05. The minimum Gasteiger partial charge on any atom is -0.360 e. The minimum atomic E-state index is 0.817. The second kappa shape index (κ2) is 7.68. The van der Waals surface area contributed by atoms with E-state index in [-0.39, 0.29) is 0 Å². The van der Waals surface area contributed by atoms with Crippen LogP contribution in [0.2, 0.25) is 0 Å². The Morgan fingerprint density at radius 3 is 2.50 bits per heavy atom. The van der Waals surface area contributed by atoms with E-state index >= 15 is 0 Å². The number of nitrogens with zero attached hydrogens (tertiary/aromatic N) is 3. The van der Waals surface area contributed by atoms with Gasteiger partial charge in [0.1, 0.15) is 0 Å². The average molecular weight is 423 g/mol. The molecule has 0 atom stereocenters. The summed E-state index contributed by atoms with van der Waals surface area (Å²) in [6, 6.07) is 22.0. The molecule has 0 saturated carbocycles. The summed E-state index contributed by atoms with van der Waals surface area (Å²) in [4.78, 5) is 8.71. The summed E-state index contributed by atoms with van der Waals surface area (Å²) in [6.07, 6.45) is 3.68. The molecule has 2 aromatic heterocycles.